The third-order valence-corrected chi connectivity index (χ3v) is 9.11. The zero-order valence-electron chi connectivity index (χ0n) is 25.9. The molecule has 11 nitrogen and oxygen atoms in total. The number of nitrogens with zero attached hydrogens (tertiary/aromatic N) is 2. The molecule has 12 heteroatoms. The summed E-state index contributed by atoms with van der Waals surface area (Å²) in [6, 6.07) is 5.21. The summed E-state index contributed by atoms with van der Waals surface area (Å²) in [6.07, 6.45) is 3.40. The monoisotopic (exact) mass is 592 g/mol. The summed E-state index contributed by atoms with van der Waals surface area (Å²) in [5.74, 6) is 0.00569. The van der Waals surface area contributed by atoms with Crippen LogP contribution in [0.25, 0.3) is 11.1 Å². The number of anilines is 3. The molecule has 3 N–H and O–H groups in total. The Morgan fingerprint density at radius 3 is 2.76 bits per heavy atom. The number of fused-ring (bicyclic) bond motifs is 3. The second-order valence-corrected chi connectivity index (χ2v) is 12.1. The van der Waals surface area contributed by atoms with Gasteiger partial charge in [-0.15, -0.1) is 11.3 Å². The fraction of sp³-hybridized carbons (Fsp3) is 0.400. The third kappa shape index (κ3) is 4.54. The summed E-state index contributed by atoms with van der Waals surface area (Å²) in [5.41, 5.74) is 3.18. The van der Waals surface area contributed by atoms with Crippen LogP contribution < -0.4 is 25.4 Å². The standard InChI is InChI=1S/C30H31N5O6S/c1-31-28(37)18-10-32-22(34-27(36)17-3-4-17)9-21(18)33-20-6-5-16-7-8-41-24-19(23(16)25(20)39-2)11-42-26(24)29(38)35-12-30(13-35)14-40-15-30/h5-6,9-11,17H,3-4,7-8,12-15H2,1-2H3,(H,31,37)(H2,32,33,34,36)/i1D3. The highest BCUT2D eigenvalue weighted by molar-refractivity contribution is 7.13. The van der Waals surface area contributed by atoms with E-state index in [2.05, 4.69) is 15.6 Å². The molecule has 1 aliphatic carbocycles. The second-order valence-electron chi connectivity index (χ2n) is 11.2. The van der Waals surface area contributed by atoms with Gasteiger partial charge in [0.2, 0.25) is 5.91 Å². The first-order chi connectivity index (χ1) is 21.5. The van der Waals surface area contributed by atoms with Gasteiger partial charge in [-0.2, -0.15) is 0 Å². The van der Waals surface area contributed by atoms with Gasteiger partial charge in [-0.05, 0) is 24.5 Å². The highest BCUT2D eigenvalue weighted by atomic mass is 32.1. The predicted molar refractivity (Wildman–Crippen MR) is 157 cm³/mol. The van der Waals surface area contributed by atoms with E-state index < -0.39 is 12.9 Å². The summed E-state index contributed by atoms with van der Waals surface area (Å²) in [6.45, 7) is 0.349. The normalized spacial score (nSPS) is 19.3. The molecular formula is C30H31N5O6S. The zero-order chi connectivity index (χ0) is 31.5. The number of pyridine rings is 1. The largest absolute Gasteiger partial charge is 0.494 e. The van der Waals surface area contributed by atoms with Crippen LogP contribution in [0.5, 0.6) is 11.5 Å². The molecule has 4 aliphatic rings. The van der Waals surface area contributed by atoms with Crippen LogP contribution in [0.3, 0.4) is 0 Å². The van der Waals surface area contributed by atoms with Crippen molar-refractivity contribution in [2.45, 2.75) is 19.3 Å². The number of benzene rings is 1. The Balaban J connectivity index is 1.24. The van der Waals surface area contributed by atoms with Crippen molar-refractivity contribution in [3.63, 3.8) is 0 Å². The van der Waals surface area contributed by atoms with Gasteiger partial charge in [-0.3, -0.25) is 14.4 Å². The Hall–Kier alpha value is -4.16. The average Bonchev–Trinajstić information content (AvgIpc) is 3.74. The fourth-order valence-corrected chi connectivity index (χ4v) is 6.70. The fourth-order valence-electron chi connectivity index (χ4n) is 5.73. The molecule has 1 aromatic carbocycles. The third-order valence-electron chi connectivity index (χ3n) is 8.16. The zero-order valence-corrected chi connectivity index (χ0v) is 23.7. The molecule has 42 heavy (non-hydrogen) atoms. The molecule has 2 saturated heterocycles. The van der Waals surface area contributed by atoms with Crippen LogP contribution >= 0.6 is 11.3 Å². The van der Waals surface area contributed by atoms with E-state index in [1.165, 1.54) is 30.7 Å². The van der Waals surface area contributed by atoms with Gasteiger partial charge in [-0.25, -0.2) is 4.98 Å². The minimum absolute atomic E-state index is 0.0378. The lowest BCUT2D eigenvalue weighted by Gasteiger charge is -2.54. The van der Waals surface area contributed by atoms with Gasteiger partial charge in [0.15, 0.2) is 11.5 Å². The molecule has 3 aromatic rings. The summed E-state index contributed by atoms with van der Waals surface area (Å²) in [7, 11) is 1.53. The molecule has 1 spiro atoms. The van der Waals surface area contributed by atoms with Gasteiger partial charge in [0.1, 0.15) is 10.7 Å². The highest BCUT2D eigenvalue weighted by Crippen LogP contribution is 2.50. The molecule has 3 amide bonds. The number of hydrogen-bond donors (Lipinski definition) is 3. The SMILES string of the molecule is [2H]C([2H])([2H])NC(=O)c1cnc(NC(=O)C2CC2)cc1Nc1ccc2c(c1OC)-c1csc(C(=O)N3CC4(COC4)C3)c1OCC2. The molecule has 1 saturated carbocycles. The number of amides is 3. The Labute approximate surface area is 250 Å². The van der Waals surface area contributed by atoms with Gasteiger partial charge in [0.05, 0.1) is 49.3 Å². The molecule has 7 rings (SSSR count). The van der Waals surface area contributed by atoms with Crippen molar-refractivity contribution in [2.24, 2.45) is 11.3 Å². The first-order valence-electron chi connectivity index (χ1n) is 15.3. The van der Waals surface area contributed by atoms with Crippen LogP contribution in [0.4, 0.5) is 17.2 Å². The second kappa shape index (κ2) is 10.3. The molecule has 0 bridgehead atoms. The molecule has 218 valence electrons. The van der Waals surface area contributed by atoms with E-state index in [-0.39, 0.29) is 40.2 Å². The van der Waals surface area contributed by atoms with E-state index in [0.29, 0.717) is 61.4 Å². The Kier molecular flexibility index (Phi) is 5.73. The quantitative estimate of drug-likeness (QED) is 0.379. The summed E-state index contributed by atoms with van der Waals surface area (Å²) < 4.78 is 40.0. The molecular weight excluding hydrogens is 558 g/mol. The van der Waals surface area contributed by atoms with E-state index in [1.807, 2.05) is 21.7 Å². The maximum Gasteiger partial charge on any atom is 0.267 e. The van der Waals surface area contributed by atoms with Crippen molar-refractivity contribution >= 4 is 46.3 Å². The van der Waals surface area contributed by atoms with Crippen molar-refractivity contribution in [2.75, 3.05) is 57.6 Å². The average molecular weight is 593 g/mol. The Bertz CT molecular complexity index is 1710. The number of likely N-dealkylation sites (tertiary alicyclic amines) is 1. The number of ether oxygens (including phenoxy) is 3. The molecule has 2 aromatic heterocycles. The van der Waals surface area contributed by atoms with Crippen LogP contribution in [-0.4, -0.2) is 74.6 Å². The molecule has 3 aliphatic heterocycles. The van der Waals surface area contributed by atoms with Crippen LogP contribution in [0, 0.1) is 11.3 Å². The van der Waals surface area contributed by atoms with Crippen LogP contribution in [0.15, 0.2) is 29.8 Å². The van der Waals surface area contributed by atoms with Crippen molar-refractivity contribution < 1.29 is 32.7 Å². The minimum atomic E-state index is -2.72. The minimum Gasteiger partial charge on any atom is -0.494 e. The number of thiophene rings is 1. The van der Waals surface area contributed by atoms with Crippen molar-refractivity contribution in [3.8, 4) is 22.6 Å². The number of nitrogens with one attached hydrogen (secondary N) is 3. The summed E-state index contributed by atoms with van der Waals surface area (Å²) in [5, 5.41) is 9.88. The van der Waals surface area contributed by atoms with E-state index in [4.69, 9.17) is 18.3 Å². The number of carbonyl (C=O) groups excluding carboxylic acids is 3. The number of aromatic nitrogens is 1. The van der Waals surface area contributed by atoms with E-state index >= 15 is 0 Å². The van der Waals surface area contributed by atoms with Gasteiger partial charge in [-0.1, -0.05) is 6.07 Å². The predicted octanol–water partition coefficient (Wildman–Crippen LogP) is 3.68. The van der Waals surface area contributed by atoms with Crippen molar-refractivity contribution in [1.29, 1.82) is 0 Å². The topological polar surface area (TPSA) is 131 Å². The molecule has 0 atom stereocenters. The smallest absolute Gasteiger partial charge is 0.267 e. The molecule has 0 unspecified atom stereocenters. The molecule has 5 heterocycles. The number of carbonyl (C=O) groups is 3. The van der Waals surface area contributed by atoms with Crippen LogP contribution in [-0.2, 0) is 16.0 Å². The number of rotatable bonds is 7. The first-order valence-corrected chi connectivity index (χ1v) is 14.6. The summed E-state index contributed by atoms with van der Waals surface area (Å²) >= 11 is 1.33. The Morgan fingerprint density at radius 1 is 1.21 bits per heavy atom. The summed E-state index contributed by atoms with van der Waals surface area (Å²) in [4.78, 5) is 45.5. The maximum atomic E-state index is 13.5. The lowest BCUT2D eigenvalue weighted by Crippen LogP contribution is -2.67. The molecule has 0 radical (unpaired) electrons. The van der Waals surface area contributed by atoms with Crippen LogP contribution in [0.2, 0.25) is 0 Å². The van der Waals surface area contributed by atoms with Gasteiger partial charge in [0.25, 0.3) is 11.8 Å². The molecule has 3 fully saturated rings. The Morgan fingerprint density at radius 2 is 2.05 bits per heavy atom. The first kappa shape index (κ1) is 23.4. The number of methoxy groups -OCH3 is 1. The van der Waals surface area contributed by atoms with Crippen molar-refractivity contribution in [3.05, 3.63) is 45.8 Å². The number of hydrogen-bond acceptors (Lipinski definition) is 9. The van der Waals surface area contributed by atoms with Gasteiger partial charge in [0, 0.05) is 65.3 Å². The van der Waals surface area contributed by atoms with E-state index in [1.54, 1.807) is 6.07 Å². The maximum absolute atomic E-state index is 13.5. The lowest BCUT2D eigenvalue weighted by atomic mass is 9.78. The van der Waals surface area contributed by atoms with E-state index in [9.17, 15) is 14.4 Å². The van der Waals surface area contributed by atoms with Gasteiger partial charge >= 0.3 is 0 Å². The lowest BCUT2D eigenvalue weighted by molar-refractivity contribution is -0.176. The van der Waals surface area contributed by atoms with Crippen LogP contribution in [0.1, 0.15) is 42.5 Å². The van der Waals surface area contributed by atoms with Gasteiger partial charge < -0.3 is 35.1 Å². The highest BCUT2D eigenvalue weighted by Gasteiger charge is 2.51. The van der Waals surface area contributed by atoms with Crippen molar-refractivity contribution in [1.82, 2.24) is 15.2 Å². The van der Waals surface area contributed by atoms with E-state index in [0.717, 1.165) is 29.5 Å².